The standard InChI is InChI=1S/C18H20N4O2/c1-2-8-14(17-21-20-15-11-6-7-12-22(15)17)19-18(24)16(23)13-9-4-3-5-10-13/h3-7,9-12,14,16,23H,2,8H2,1H3,(H,19,24). The van der Waals surface area contributed by atoms with Gasteiger partial charge in [0.15, 0.2) is 17.6 Å². The summed E-state index contributed by atoms with van der Waals surface area (Å²) in [6.45, 7) is 2.04. The van der Waals surface area contributed by atoms with Crippen LogP contribution in [0.4, 0.5) is 0 Å². The first-order chi connectivity index (χ1) is 11.7. The van der Waals surface area contributed by atoms with Gasteiger partial charge >= 0.3 is 0 Å². The molecule has 0 aliphatic rings. The molecule has 2 aromatic heterocycles. The summed E-state index contributed by atoms with van der Waals surface area (Å²) < 4.78 is 1.86. The number of rotatable bonds is 6. The first-order valence-electron chi connectivity index (χ1n) is 8.03. The van der Waals surface area contributed by atoms with Gasteiger partial charge in [0.25, 0.3) is 5.91 Å². The van der Waals surface area contributed by atoms with Gasteiger partial charge in [-0.3, -0.25) is 9.20 Å². The molecule has 6 heteroatoms. The number of benzene rings is 1. The number of pyridine rings is 1. The fourth-order valence-electron chi connectivity index (χ4n) is 2.69. The van der Waals surface area contributed by atoms with Crippen molar-refractivity contribution in [3.8, 4) is 0 Å². The average Bonchev–Trinajstić information content (AvgIpc) is 3.05. The van der Waals surface area contributed by atoms with Gasteiger partial charge in [-0.05, 0) is 24.1 Å². The fourth-order valence-corrected chi connectivity index (χ4v) is 2.69. The van der Waals surface area contributed by atoms with E-state index in [0.29, 0.717) is 17.8 Å². The lowest BCUT2D eigenvalue weighted by Crippen LogP contribution is -2.34. The molecule has 2 heterocycles. The Balaban J connectivity index is 1.82. The Morgan fingerprint density at radius 1 is 1.17 bits per heavy atom. The molecule has 2 atom stereocenters. The quantitative estimate of drug-likeness (QED) is 0.730. The molecule has 0 radical (unpaired) electrons. The van der Waals surface area contributed by atoms with Gasteiger partial charge in [-0.15, -0.1) is 10.2 Å². The van der Waals surface area contributed by atoms with Crippen molar-refractivity contribution >= 4 is 11.6 Å². The van der Waals surface area contributed by atoms with E-state index in [0.717, 1.165) is 12.1 Å². The van der Waals surface area contributed by atoms with Crippen molar-refractivity contribution in [1.82, 2.24) is 19.9 Å². The van der Waals surface area contributed by atoms with Crippen LogP contribution in [0.5, 0.6) is 0 Å². The summed E-state index contributed by atoms with van der Waals surface area (Å²) in [4.78, 5) is 12.4. The zero-order chi connectivity index (χ0) is 16.9. The number of carbonyl (C=O) groups excluding carboxylic acids is 1. The Morgan fingerprint density at radius 2 is 1.92 bits per heavy atom. The predicted molar refractivity (Wildman–Crippen MR) is 90.2 cm³/mol. The van der Waals surface area contributed by atoms with E-state index in [9.17, 15) is 9.90 Å². The zero-order valence-corrected chi connectivity index (χ0v) is 13.5. The third-order valence-corrected chi connectivity index (χ3v) is 3.91. The number of nitrogens with one attached hydrogen (secondary N) is 1. The Kier molecular flexibility index (Phi) is 4.86. The second-order valence-electron chi connectivity index (χ2n) is 5.65. The summed E-state index contributed by atoms with van der Waals surface area (Å²) in [6.07, 6.45) is 2.24. The second kappa shape index (κ2) is 7.23. The summed E-state index contributed by atoms with van der Waals surface area (Å²) >= 11 is 0. The van der Waals surface area contributed by atoms with Crippen LogP contribution in [-0.4, -0.2) is 25.6 Å². The molecule has 0 saturated heterocycles. The van der Waals surface area contributed by atoms with Crippen LogP contribution < -0.4 is 5.32 Å². The molecule has 0 spiro atoms. The smallest absolute Gasteiger partial charge is 0.254 e. The molecule has 0 aliphatic heterocycles. The molecule has 3 aromatic rings. The van der Waals surface area contributed by atoms with Crippen molar-refractivity contribution in [3.63, 3.8) is 0 Å². The van der Waals surface area contributed by atoms with Crippen molar-refractivity contribution in [2.24, 2.45) is 0 Å². The van der Waals surface area contributed by atoms with Crippen molar-refractivity contribution in [2.75, 3.05) is 0 Å². The largest absolute Gasteiger partial charge is 0.378 e. The molecule has 124 valence electrons. The summed E-state index contributed by atoms with van der Waals surface area (Å²) in [5.41, 5.74) is 1.29. The van der Waals surface area contributed by atoms with Crippen molar-refractivity contribution in [2.45, 2.75) is 31.9 Å². The molecule has 1 aromatic carbocycles. The van der Waals surface area contributed by atoms with Gasteiger partial charge in [-0.1, -0.05) is 49.7 Å². The van der Waals surface area contributed by atoms with E-state index in [1.54, 1.807) is 24.3 Å². The van der Waals surface area contributed by atoms with Crippen molar-refractivity contribution < 1.29 is 9.90 Å². The van der Waals surface area contributed by atoms with E-state index in [4.69, 9.17) is 0 Å². The summed E-state index contributed by atoms with van der Waals surface area (Å²) in [5, 5.41) is 21.5. The van der Waals surface area contributed by atoms with Crippen molar-refractivity contribution in [1.29, 1.82) is 0 Å². The van der Waals surface area contributed by atoms with Crippen LogP contribution >= 0.6 is 0 Å². The van der Waals surface area contributed by atoms with E-state index in [-0.39, 0.29) is 6.04 Å². The monoisotopic (exact) mass is 324 g/mol. The average molecular weight is 324 g/mol. The number of aromatic nitrogens is 3. The van der Waals surface area contributed by atoms with Gasteiger partial charge in [-0.2, -0.15) is 0 Å². The molecular weight excluding hydrogens is 304 g/mol. The van der Waals surface area contributed by atoms with Crippen LogP contribution in [-0.2, 0) is 4.79 Å². The van der Waals surface area contributed by atoms with Crippen LogP contribution in [0.15, 0.2) is 54.7 Å². The lowest BCUT2D eigenvalue weighted by Gasteiger charge is -2.19. The molecule has 6 nitrogen and oxygen atoms in total. The van der Waals surface area contributed by atoms with Crippen molar-refractivity contribution in [3.05, 3.63) is 66.1 Å². The highest BCUT2D eigenvalue weighted by Gasteiger charge is 2.24. The van der Waals surface area contributed by atoms with Gasteiger partial charge < -0.3 is 10.4 Å². The minimum Gasteiger partial charge on any atom is -0.378 e. The Bertz CT molecular complexity index is 816. The SMILES string of the molecule is CCCC(NC(=O)C(O)c1ccccc1)c1nnc2ccccn12. The lowest BCUT2D eigenvalue weighted by atomic mass is 10.1. The van der Waals surface area contributed by atoms with E-state index in [1.807, 2.05) is 41.8 Å². The van der Waals surface area contributed by atoms with Gasteiger partial charge in [-0.25, -0.2) is 0 Å². The van der Waals surface area contributed by atoms with Crippen LogP contribution in [0, 0.1) is 0 Å². The Morgan fingerprint density at radius 3 is 2.67 bits per heavy atom. The lowest BCUT2D eigenvalue weighted by molar-refractivity contribution is -0.130. The minimum absolute atomic E-state index is 0.307. The highest BCUT2D eigenvalue weighted by molar-refractivity contribution is 5.82. The molecule has 2 unspecified atom stereocenters. The third-order valence-electron chi connectivity index (χ3n) is 3.91. The minimum atomic E-state index is -1.20. The van der Waals surface area contributed by atoms with Crippen LogP contribution in [0.2, 0.25) is 0 Å². The number of nitrogens with zero attached hydrogens (tertiary/aromatic N) is 3. The molecule has 3 rings (SSSR count). The normalized spacial score (nSPS) is 13.6. The van der Waals surface area contributed by atoms with Gasteiger partial charge in [0.2, 0.25) is 0 Å². The number of fused-ring (bicyclic) bond motifs is 1. The third kappa shape index (κ3) is 3.28. The van der Waals surface area contributed by atoms with E-state index < -0.39 is 12.0 Å². The van der Waals surface area contributed by atoms with E-state index in [2.05, 4.69) is 15.5 Å². The second-order valence-corrected chi connectivity index (χ2v) is 5.65. The highest BCUT2D eigenvalue weighted by Crippen LogP contribution is 2.20. The Labute approximate surface area is 140 Å². The number of aliphatic hydroxyl groups excluding tert-OH is 1. The number of amides is 1. The number of hydrogen-bond acceptors (Lipinski definition) is 4. The maximum Gasteiger partial charge on any atom is 0.254 e. The fraction of sp³-hybridized carbons (Fsp3) is 0.278. The van der Waals surface area contributed by atoms with E-state index in [1.165, 1.54) is 0 Å². The topological polar surface area (TPSA) is 79.5 Å². The number of hydrogen-bond donors (Lipinski definition) is 2. The van der Waals surface area contributed by atoms with Gasteiger partial charge in [0, 0.05) is 6.20 Å². The maximum absolute atomic E-state index is 12.4. The summed E-state index contributed by atoms with van der Waals surface area (Å²) in [5.74, 6) is 0.230. The van der Waals surface area contributed by atoms with E-state index >= 15 is 0 Å². The Hall–Kier alpha value is -2.73. The van der Waals surface area contributed by atoms with Crippen LogP contribution in [0.1, 0.15) is 43.3 Å². The molecule has 0 aliphatic carbocycles. The predicted octanol–water partition coefficient (Wildman–Crippen LogP) is 2.42. The molecule has 0 saturated carbocycles. The molecule has 2 N–H and O–H groups in total. The maximum atomic E-state index is 12.4. The first kappa shape index (κ1) is 16.1. The highest BCUT2D eigenvalue weighted by atomic mass is 16.3. The van der Waals surface area contributed by atoms with Gasteiger partial charge in [0.1, 0.15) is 0 Å². The number of carbonyl (C=O) groups is 1. The van der Waals surface area contributed by atoms with Gasteiger partial charge in [0.05, 0.1) is 6.04 Å². The van der Waals surface area contributed by atoms with Crippen LogP contribution in [0.25, 0.3) is 5.65 Å². The summed E-state index contributed by atoms with van der Waals surface area (Å²) in [7, 11) is 0. The molecule has 24 heavy (non-hydrogen) atoms. The van der Waals surface area contributed by atoms with Crippen LogP contribution in [0.3, 0.4) is 0 Å². The molecule has 0 bridgehead atoms. The summed E-state index contributed by atoms with van der Waals surface area (Å²) in [6, 6.07) is 14.2. The number of aliphatic hydroxyl groups is 1. The first-order valence-corrected chi connectivity index (χ1v) is 8.03. The molecular formula is C18H20N4O2. The molecule has 1 amide bonds. The zero-order valence-electron chi connectivity index (χ0n) is 13.5. The molecule has 0 fully saturated rings.